The second kappa shape index (κ2) is 3.56. The van der Waals surface area contributed by atoms with Gasteiger partial charge in [-0.2, -0.15) is 0 Å². The summed E-state index contributed by atoms with van der Waals surface area (Å²) in [5.74, 6) is 1.17. The molecular formula is C13H16O. The molecule has 0 saturated heterocycles. The van der Waals surface area contributed by atoms with Crippen molar-refractivity contribution in [2.75, 3.05) is 0 Å². The van der Waals surface area contributed by atoms with Gasteiger partial charge in [0.05, 0.1) is 0 Å². The summed E-state index contributed by atoms with van der Waals surface area (Å²) in [6, 6.07) is 8.49. The number of hydrogen-bond donors (Lipinski definition) is 0. The first-order valence-corrected chi connectivity index (χ1v) is 5.32. The third kappa shape index (κ3) is 1.59. The Morgan fingerprint density at radius 1 is 1.43 bits per heavy atom. The van der Waals surface area contributed by atoms with Gasteiger partial charge in [0.2, 0.25) is 0 Å². The summed E-state index contributed by atoms with van der Waals surface area (Å²) in [7, 11) is 0. The molecule has 1 saturated carbocycles. The normalized spacial score (nSPS) is 24.7. The third-order valence-corrected chi connectivity index (χ3v) is 3.15. The number of carbonyl (C=O) groups excluding carboxylic acids is 1. The highest BCUT2D eigenvalue weighted by Gasteiger charge is 2.42. The van der Waals surface area contributed by atoms with Crippen LogP contribution in [-0.4, -0.2) is 5.78 Å². The molecule has 1 nitrogen and oxygen atoms in total. The summed E-state index contributed by atoms with van der Waals surface area (Å²) in [6.45, 7) is 3.88. The van der Waals surface area contributed by atoms with Crippen LogP contribution in [0.25, 0.3) is 0 Å². The van der Waals surface area contributed by atoms with E-state index in [1.807, 2.05) is 0 Å². The summed E-state index contributed by atoms with van der Waals surface area (Å²) in [6.07, 6.45) is 2.13. The lowest BCUT2D eigenvalue weighted by Gasteiger charge is -2.05. The maximum absolute atomic E-state index is 11.2. The van der Waals surface area contributed by atoms with Gasteiger partial charge in [-0.05, 0) is 36.8 Å². The standard InChI is InChI=1S/C13H16O/c1-3-10-6-4-5-7-11(10)13-8-12(13)9(2)14/h4-7,12-13H,3,8H2,1-2H3. The second-order valence-corrected chi connectivity index (χ2v) is 4.11. The summed E-state index contributed by atoms with van der Waals surface area (Å²) in [5.41, 5.74) is 2.80. The number of benzene rings is 1. The molecule has 1 aliphatic rings. The van der Waals surface area contributed by atoms with Crippen LogP contribution in [0.2, 0.25) is 0 Å². The molecule has 74 valence electrons. The molecule has 0 aromatic heterocycles. The average Bonchev–Trinajstić information content (AvgIpc) is 2.97. The Morgan fingerprint density at radius 2 is 2.14 bits per heavy atom. The number of rotatable bonds is 3. The predicted molar refractivity (Wildman–Crippen MR) is 57.3 cm³/mol. The Morgan fingerprint density at radius 3 is 2.71 bits per heavy atom. The fourth-order valence-electron chi connectivity index (χ4n) is 2.21. The van der Waals surface area contributed by atoms with Crippen molar-refractivity contribution in [2.45, 2.75) is 32.6 Å². The van der Waals surface area contributed by atoms with Crippen LogP contribution in [0, 0.1) is 5.92 Å². The molecule has 1 heteroatoms. The van der Waals surface area contributed by atoms with E-state index in [2.05, 4.69) is 31.2 Å². The highest BCUT2D eigenvalue weighted by atomic mass is 16.1. The van der Waals surface area contributed by atoms with Gasteiger partial charge in [-0.25, -0.2) is 0 Å². The quantitative estimate of drug-likeness (QED) is 0.712. The number of Topliss-reactive ketones (excluding diaryl/α,β-unsaturated/α-hetero) is 1. The first kappa shape index (κ1) is 9.45. The Kier molecular flexibility index (Phi) is 2.40. The van der Waals surface area contributed by atoms with Crippen LogP contribution in [0.3, 0.4) is 0 Å². The van der Waals surface area contributed by atoms with Gasteiger partial charge in [0.1, 0.15) is 5.78 Å². The van der Waals surface area contributed by atoms with Crippen LogP contribution >= 0.6 is 0 Å². The van der Waals surface area contributed by atoms with E-state index < -0.39 is 0 Å². The summed E-state index contributed by atoms with van der Waals surface area (Å²) in [4.78, 5) is 11.2. The zero-order chi connectivity index (χ0) is 10.1. The van der Waals surface area contributed by atoms with Crippen molar-refractivity contribution < 1.29 is 4.79 Å². The van der Waals surface area contributed by atoms with E-state index in [0.29, 0.717) is 17.6 Å². The van der Waals surface area contributed by atoms with Crippen LogP contribution in [-0.2, 0) is 11.2 Å². The van der Waals surface area contributed by atoms with Gasteiger partial charge in [-0.1, -0.05) is 31.2 Å². The molecule has 0 spiro atoms. The van der Waals surface area contributed by atoms with Crippen LogP contribution in [0.4, 0.5) is 0 Å². The van der Waals surface area contributed by atoms with E-state index in [1.165, 1.54) is 11.1 Å². The lowest BCUT2D eigenvalue weighted by Crippen LogP contribution is -1.97. The van der Waals surface area contributed by atoms with Crippen molar-refractivity contribution in [3.8, 4) is 0 Å². The second-order valence-electron chi connectivity index (χ2n) is 4.11. The molecule has 0 bridgehead atoms. The monoisotopic (exact) mass is 188 g/mol. The smallest absolute Gasteiger partial charge is 0.133 e. The van der Waals surface area contributed by atoms with Gasteiger partial charge in [0, 0.05) is 5.92 Å². The van der Waals surface area contributed by atoms with Gasteiger partial charge in [-0.15, -0.1) is 0 Å². The lowest BCUT2D eigenvalue weighted by molar-refractivity contribution is -0.118. The Balaban J connectivity index is 2.22. The number of aryl methyl sites for hydroxylation is 1. The largest absolute Gasteiger partial charge is 0.300 e. The summed E-state index contributed by atoms with van der Waals surface area (Å²) in [5, 5.41) is 0. The lowest BCUT2D eigenvalue weighted by atomic mass is 10.00. The first-order valence-electron chi connectivity index (χ1n) is 5.32. The van der Waals surface area contributed by atoms with Crippen LogP contribution < -0.4 is 0 Å². The Labute approximate surface area is 85.1 Å². The van der Waals surface area contributed by atoms with Crippen LogP contribution in [0.15, 0.2) is 24.3 Å². The van der Waals surface area contributed by atoms with Gasteiger partial charge >= 0.3 is 0 Å². The SMILES string of the molecule is CCc1ccccc1C1CC1C(C)=O. The highest BCUT2D eigenvalue weighted by Crippen LogP contribution is 2.48. The van der Waals surface area contributed by atoms with E-state index >= 15 is 0 Å². The molecule has 0 heterocycles. The topological polar surface area (TPSA) is 17.1 Å². The molecule has 0 N–H and O–H groups in total. The highest BCUT2D eigenvalue weighted by molar-refractivity contribution is 5.82. The van der Waals surface area contributed by atoms with Crippen molar-refractivity contribution in [1.82, 2.24) is 0 Å². The maximum atomic E-state index is 11.2. The molecule has 0 aliphatic heterocycles. The number of carbonyl (C=O) groups is 1. The van der Waals surface area contributed by atoms with Crippen molar-refractivity contribution >= 4 is 5.78 Å². The van der Waals surface area contributed by atoms with E-state index in [-0.39, 0.29) is 0 Å². The van der Waals surface area contributed by atoms with Gasteiger partial charge in [-0.3, -0.25) is 4.79 Å². The minimum atomic E-state index is 0.308. The van der Waals surface area contributed by atoms with Crippen LogP contribution in [0.1, 0.15) is 37.3 Å². The van der Waals surface area contributed by atoms with Gasteiger partial charge in [0.15, 0.2) is 0 Å². The zero-order valence-electron chi connectivity index (χ0n) is 8.79. The molecule has 1 aromatic rings. The molecule has 2 unspecified atom stereocenters. The van der Waals surface area contributed by atoms with Crippen molar-refractivity contribution in [1.29, 1.82) is 0 Å². The molecule has 1 fully saturated rings. The Bertz CT molecular complexity index is 354. The minimum absolute atomic E-state index is 0.308. The van der Waals surface area contributed by atoms with E-state index in [9.17, 15) is 4.79 Å². The van der Waals surface area contributed by atoms with E-state index in [4.69, 9.17) is 0 Å². The van der Waals surface area contributed by atoms with Crippen molar-refractivity contribution in [3.05, 3.63) is 35.4 Å². The molecule has 2 atom stereocenters. The molecule has 1 aliphatic carbocycles. The first-order chi connectivity index (χ1) is 6.74. The third-order valence-electron chi connectivity index (χ3n) is 3.15. The molecule has 0 radical (unpaired) electrons. The Hall–Kier alpha value is -1.11. The average molecular weight is 188 g/mol. The number of ketones is 1. The summed E-state index contributed by atoms with van der Waals surface area (Å²) < 4.78 is 0. The molecule has 2 rings (SSSR count). The molecule has 14 heavy (non-hydrogen) atoms. The minimum Gasteiger partial charge on any atom is -0.300 e. The van der Waals surface area contributed by atoms with Gasteiger partial charge in [0.25, 0.3) is 0 Å². The fraction of sp³-hybridized carbons (Fsp3) is 0.462. The molecule has 0 amide bonds. The van der Waals surface area contributed by atoms with Crippen molar-refractivity contribution in [3.63, 3.8) is 0 Å². The fourth-order valence-corrected chi connectivity index (χ4v) is 2.21. The van der Waals surface area contributed by atoms with E-state index in [1.54, 1.807) is 6.92 Å². The predicted octanol–water partition coefficient (Wildman–Crippen LogP) is 2.94. The molecular weight excluding hydrogens is 172 g/mol. The van der Waals surface area contributed by atoms with Crippen LogP contribution in [0.5, 0.6) is 0 Å². The summed E-state index contributed by atoms with van der Waals surface area (Å²) >= 11 is 0. The van der Waals surface area contributed by atoms with E-state index in [0.717, 1.165) is 12.8 Å². The maximum Gasteiger partial charge on any atom is 0.133 e. The number of hydrogen-bond acceptors (Lipinski definition) is 1. The zero-order valence-corrected chi connectivity index (χ0v) is 8.79. The van der Waals surface area contributed by atoms with Gasteiger partial charge < -0.3 is 0 Å². The van der Waals surface area contributed by atoms with Crippen molar-refractivity contribution in [2.24, 2.45) is 5.92 Å². The molecule has 1 aromatic carbocycles.